The monoisotopic (exact) mass is 224 g/mol. The summed E-state index contributed by atoms with van der Waals surface area (Å²) in [6, 6.07) is 6.48. The van der Waals surface area contributed by atoms with E-state index in [4.69, 9.17) is 0 Å². The van der Waals surface area contributed by atoms with Crippen LogP contribution >= 0.6 is 0 Å². The van der Waals surface area contributed by atoms with Gasteiger partial charge in [0.1, 0.15) is 5.82 Å². The summed E-state index contributed by atoms with van der Waals surface area (Å²) in [6.45, 7) is 4.49. The van der Waals surface area contributed by atoms with E-state index in [-0.39, 0.29) is 18.3 Å². The third-order valence-corrected chi connectivity index (χ3v) is 3.33. The van der Waals surface area contributed by atoms with Crippen molar-refractivity contribution in [3.05, 3.63) is 35.6 Å². The van der Waals surface area contributed by atoms with Crippen LogP contribution in [0.2, 0.25) is 0 Å². The normalized spacial score (nSPS) is 13.1. The number of benzene rings is 1. The van der Waals surface area contributed by atoms with Gasteiger partial charge in [0, 0.05) is 12.5 Å². The first-order chi connectivity index (χ1) is 7.71. The standard InChI is InChI=1S/C14H21FO/c1-3-11(4-2)9-13(10-16)12-5-7-14(15)8-6-12/h5-8,11,13,16H,3-4,9-10H2,1-2H3. The first kappa shape index (κ1) is 13.2. The summed E-state index contributed by atoms with van der Waals surface area (Å²) in [5.74, 6) is 0.565. The second-order valence-electron chi connectivity index (χ2n) is 4.35. The van der Waals surface area contributed by atoms with Crippen molar-refractivity contribution in [2.24, 2.45) is 5.92 Å². The van der Waals surface area contributed by atoms with Crippen LogP contribution in [0.1, 0.15) is 44.6 Å². The molecule has 1 aromatic carbocycles. The predicted octanol–water partition coefficient (Wildman–Crippen LogP) is 3.73. The van der Waals surface area contributed by atoms with E-state index in [0.717, 1.165) is 24.8 Å². The van der Waals surface area contributed by atoms with Gasteiger partial charge in [-0.3, -0.25) is 0 Å². The van der Waals surface area contributed by atoms with E-state index in [1.165, 1.54) is 12.1 Å². The highest BCUT2D eigenvalue weighted by atomic mass is 19.1. The molecule has 90 valence electrons. The van der Waals surface area contributed by atoms with Crippen LogP contribution in [-0.2, 0) is 0 Å². The van der Waals surface area contributed by atoms with Gasteiger partial charge in [-0.25, -0.2) is 4.39 Å². The van der Waals surface area contributed by atoms with Crippen LogP contribution < -0.4 is 0 Å². The molecule has 0 aromatic heterocycles. The summed E-state index contributed by atoms with van der Waals surface area (Å²) in [7, 11) is 0. The molecular weight excluding hydrogens is 203 g/mol. The third-order valence-electron chi connectivity index (χ3n) is 3.33. The number of halogens is 1. The number of hydrogen-bond acceptors (Lipinski definition) is 1. The molecule has 0 bridgehead atoms. The van der Waals surface area contributed by atoms with Gasteiger partial charge in [-0.2, -0.15) is 0 Å². The van der Waals surface area contributed by atoms with E-state index in [0.29, 0.717) is 5.92 Å². The molecule has 0 spiro atoms. The quantitative estimate of drug-likeness (QED) is 0.780. The van der Waals surface area contributed by atoms with Crippen LogP contribution in [0.4, 0.5) is 4.39 Å². The zero-order chi connectivity index (χ0) is 12.0. The number of aliphatic hydroxyl groups excluding tert-OH is 1. The Hall–Kier alpha value is -0.890. The minimum Gasteiger partial charge on any atom is -0.396 e. The van der Waals surface area contributed by atoms with Gasteiger partial charge in [-0.1, -0.05) is 38.8 Å². The van der Waals surface area contributed by atoms with E-state index in [9.17, 15) is 9.50 Å². The molecule has 1 atom stereocenters. The van der Waals surface area contributed by atoms with E-state index >= 15 is 0 Å². The van der Waals surface area contributed by atoms with Gasteiger partial charge in [-0.15, -0.1) is 0 Å². The Morgan fingerprint density at radius 1 is 1.12 bits per heavy atom. The van der Waals surface area contributed by atoms with Crippen LogP contribution in [-0.4, -0.2) is 11.7 Å². The fourth-order valence-electron chi connectivity index (χ4n) is 2.08. The lowest BCUT2D eigenvalue weighted by Gasteiger charge is -2.20. The van der Waals surface area contributed by atoms with Crippen molar-refractivity contribution >= 4 is 0 Å². The number of aliphatic hydroxyl groups is 1. The molecular formula is C14H21FO. The molecule has 0 aliphatic heterocycles. The highest BCUT2D eigenvalue weighted by molar-refractivity contribution is 5.20. The largest absolute Gasteiger partial charge is 0.396 e. The van der Waals surface area contributed by atoms with Crippen molar-refractivity contribution in [1.29, 1.82) is 0 Å². The maximum Gasteiger partial charge on any atom is 0.123 e. The minimum atomic E-state index is -0.219. The van der Waals surface area contributed by atoms with Crippen LogP contribution in [0, 0.1) is 11.7 Å². The second kappa shape index (κ2) is 6.64. The zero-order valence-electron chi connectivity index (χ0n) is 10.1. The molecule has 0 saturated heterocycles. The molecule has 0 fully saturated rings. The molecule has 0 radical (unpaired) electrons. The molecule has 1 rings (SSSR count). The minimum absolute atomic E-state index is 0.141. The van der Waals surface area contributed by atoms with Crippen LogP contribution in [0.3, 0.4) is 0 Å². The molecule has 1 nitrogen and oxygen atoms in total. The van der Waals surface area contributed by atoms with Crippen molar-refractivity contribution in [1.82, 2.24) is 0 Å². The van der Waals surface area contributed by atoms with Crippen LogP contribution in [0.15, 0.2) is 24.3 Å². The second-order valence-corrected chi connectivity index (χ2v) is 4.35. The summed E-state index contributed by atoms with van der Waals surface area (Å²) in [4.78, 5) is 0. The fourth-order valence-corrected chi connectivity index (χ4v) is 2.08. The number of hydrogen-bond donors (Lipinski definition) is 1. The van der Waals surface area contributed by atoms with Gasteiger partial charge in [-0.05, 0) is 30.0 Å². The Morgan fingerprint density at radius 2 is 1.69 bits per heavy atom. The molecule has 2 heteroatoms. The van der Waals surface area contributed by atoms with Crippen molar-refractivity contribution in [2.75, 3.05) is 6.61 Å². The highest BCUT2D eigenvalue weighted by Crippen LogP contribution is 2.26. The SMILES string of the molecule is CCC(CC)CC(CO)c1ccc(F)cc1. The maximum absolute atomic E-state index is 12.8. The molecule has 0 aliphatic carbocycles. The Kier molecular flexibility index (Phi) is 5.47. The van der Waals surface area contributed by atoms with E-state index in [1.807, 2.05) is 0 Å². The average molecular weight is 224 g/mol. The molecule has 1 unspecified atom stereocenters. The fraction of sp³-hybridized carbons (Fsp3) is 0.571. The van der Waals surface area contributed by atoms with E-state index in [1.54, 1.807) is 12.1 Å². The Morgan fingerprint density at radius 3 is 2.12 bits per heavy atom. The Bertz CT molecular complexity index is 290. The van der Waals surface area contributed by atoms with Crippen LogP contribution in [0.5, 0.6) is 0 Å². The highest BCUT2D eigenvalue weighted by Gasteiger charge is 2.15. The van der Waals surface area contributed by atoms with Gasteiger partial charge in [0.2, 0.25) is 0 Å². The molecule has 0 saturated carbocycles. The van der Waals surface area contributed by atoms with E-state index in [2.05, 4.69) is 13.8 Å². The summed E-state index contributed by atoms with van der Waals surface area (Å²) < 4.78 is 12.8. The summed E-state index contributed by atoms with van der Waals surface area (Å²) in [5, 5.41) is 9.39. The first-order valence-electron chi connectivity index (χ1n) is 6.07. The Labute approximate surface area is 97.3 Å². The lowest BCUT2D eigenvalue weighted by molar-refractivity contribution is 0.240. The summed E-state index contributed by atoms with van der Waals surface area (Å²) in [5.41, 5.74) is 1.04. The van der Waals surface area contributed by atoms with Crippen molar-refractivity contribution in [2.45, 2.75) is 39.0 Å². The smallest absolute Gasteiger partial charge is 0.123 e. The van der Waals surface area contributed by atoms with Crippen molar-refractivity contribution in [3.8, 4) is 0 Å². The molecule has 16 heavy (non-hydrogen) atoms. The molecule has 0 aliphatic rings. The van der Waals surface area contributed by atoms with Crippen LogP contribution in [0.25, 0.3) is 0 Å². The molecule has 1 aromatic rings. The lowest BCUT2D eigenvalue weighted by atomic mass is 9.87. The summed E-state index contributed by atoms with van der Waals surface area (Å²) in [6.07, 6.45) is 3.25. The number of rotatable bonds is 6. The first-order valence-corrected chi connectivity index (χ1v) is 6.07. The van der Waals surface area contributed by atoms with Gasteiger partial charge >= 0.3 is 0 Å². The van der Waals surface area contributed by atoms with Gasteiger partial charge in [0.15, 0.2) is 0 Å². The topological polar surface area (TPSA) is 20.2 Å². The van der Waals surface area contributed by atoms with Gasteiger partial charge in [0.25, 0.3) is 0 Å². The average Bonchev–Trinajstić information content (AvgIpc) is 2.32. The molecule has 1 N–H and O–H groups in total. The predicted molar refractivity (Wildman–Crippen MR) is 64.9 cm³/mol. The Balaban J connectivity index is 2.70. The molecule has 0 amide bonds. The van der Waals surface area contributed by atoms with Gasteiger partial charge < -0.3 is 5.11 Å². The molecule has 0 heterocycles. The van der Waals surface area contributed by atoms with Crippen molar-refractivity contribution < 1.29 is 9.50 Å². The van der Waals surface area contributed by atoms with Gasteiger partial charge in [0.05, 0.1) is 0 Å². The maximum atomic E-state index is 12.8. The zero-order valence-corrected chi connectivity index (χ0v) is 10.1. The summed E-state index contributed by atoms with van der Waals surface area (Å²) >= 11 is 0. The van der Waals surface area contributed by atoms with E-state index < -0.39 is 0 Å². The lowest BCUT2D eigenvalue weighted by Crippen LogP contribution is -2.10. The third kappa shape index (κ3) is 3.60. The van der Waals surface area contributed by atoms with Crippen molar-refractivity contribution in [3.63, 3.8) is 0 Å².